The van der Waals surface area contributed by atoms with Gasteiger partial charge in [0.05, 0.1) is 18.1 Å². The van der Waals surface area contributed by atoms with Gasteiger partial charge < -0.3 is 15.0 Å². The summed E-state index contributed by atoms with van der Waals surface area (Å²) < 4.78 is 45.1. The van der Waals surface area contributed by atoms with E-state index in [-0.39, 0.29) is 41.7 Å². The van der Waals surface area contributed by atoms with Gasteiger partial charge in [-0.2, -0.15) is 0 Å². The number of benzene rings is 1. The maximum absolute atomic E-state index is 14.2. The van der Waals surface area contributed by atoms with Crippen LogP contribution < -0.4 is 15.4 Å². The quantitative estimate of drug-likeness (QED) is 0.350. The number of carbonyl (C=O) groups excluding carboxylic acids is 2. The van der Waals surface area contributed by atoms with Crippen LogP contribution in [0, 0.1) is 11.7 Å². The fraction of sp³-hybridized carbons (Fsp3) is 0.652. The molecule has 2 N–H and O–H groups in total. The Morgan fingerprint density at radius 3 is 2.64 bits per heavy atom. The molecule has 1 atom stereocenters. The molecule has 2 aliphatic heterocycles. The molecule has 1 aromatic carbocycles. The van der Waals surface area contributed by atoms with Gasteiger partial charge in [0, 0.05) is 6.54 Å². The van der Waals surface area contributed by atoms with Gasteiger partial charge >= 0.3 is 6.03 Å². The van der Waals surface area contributed by atoms with Gasteiger partial charge in [-0.15, -0.1) is 0 Å². The predicted molar refractivity (Wildman–Crippen MR) is 124 cm³/mol. The second-order valence-electron chi connectivity index (χ2n) is 9.05. The summed E-state index contributed by atoms with van der Waals surface area (Å²) in [7, 11) is -3.29. The molecule has 0 radical (unpaired) electrons. The summed E-state index contributed by atoms with van der Waals surface area (Å²) in [6.45, 7) is 4.67. The Hall–Kier alpha value is -2.20. The Labute approximate surface area is 195 Å². The summed E-state index contributed by atoms with van der Waals surface area (Å²) in [4.78, 5) is 24.1. The molecule has 2 heterocycles. The van der Waals surface area contributed by atoms with Crippen molar-refractivity contribution in [2.75, 3.05) is 44.3 Å². The monoisotopic (exact) mass is 483 g/mol. The van der Waals surface area contributed by atoms with E-state index in [2.05, 4.69) is 10.6 Å². The van der Waals surface area contributed by atoms with Crippen molar-refractivity contribution in [2.24, 2.45) is 5.92 Å². The maximum Gasteiger partial charge on any atom is 0.324 e. The van der Waals surface area contributed by atoms with Gasteiger partial charge in [0.1, 0.15) is 6.54 Å². The van der Waals surface area contributed by atoms with Crippen molar-refractivity contribution >= 4 is 21.8 Å². The molecule has 0 bridgehead atoms. The summed E-state index contributed by atoms with van der Waals surface area (Å²) in [5.41, 5.74) is 0.741. The number of unbranched alkanes of at least 4 members (excludes halogenated alkanes) is 2. The summed E-state index contributed by atoms with van der Waals surface area (Å²) in [6.07, 6.45) is 3.78. The number of ether oxygens (including phenoxy) is 1. The number of amides is 3. The standard InChI is InChI=1S/C23H34FN3O5S/c1-17(16-33(30,31)12-4-2-3-11-27-14-22(28)26-23(27)29)19-5-6-20(24)21(13-19)32-15-18-7-9-25-10-8-18/h5-6,13,17-18,25H,2-4,7-12,14-16H2,1H3,(H,26,28,29)/t17-/m0/s1. The molecule has 3 amide bonds. The topological polar surface area (TPSA) is 105 Å². The predicted octanol–water partition coefficient (Wildman–Crippen LogP) is 2.44. The van der Waals surface area contributed by atoms with Gasteiger partial charge in [-0.25, -0.2) is 17.6 Å². The summed E-state index contributed by atoms with van der Waals surface area (Å²) >= 11 is 0. The number of hydrogen-bond donors (Lipinski definition) is 2. The molecule has 0 saturated carbocycles. The van der Waals surface area contributed by atoms with Gasteiger partial charge in [0.2, 0.25) is 5.91 Å². The first-order valence-electron chi connectivity index (χ1n) is 11.7. The van der Waals surface area contributed by atoms with Crippen molar-refractivity contribution in [2.45, 2.75) is 44.9 Å². The highest BCUT2D eigenvalue weighted by Crippen LogP contribution is 2.26. The molecule has 2 fully saturated rings. The highest BCUT2D eigenvalue weighted by molar-refractivity contribution is 7.91. The van der Waals surface area contributed by atoms with Crippen LogP contribution in [0.25, 0.3) is 0 Å². The van der Waals surface area contributed by atoms with Crippen LogP contribution in [0.2, 0.25) is 0 Å². The third-order valence-electron chi connectivity index (χ3n) is 6.21. The van der Waals surface area contributed by atoms with Crippen LogP contribution in [-0.4, -0.2) is 69.5 Å². The number of nitrogens with zero attached hydrogens (tertiary/aromatic N) is 1. The second kappa shape index (κ2) is 11.8. The van der Waals surface area contributed by atoms with Crippen molar-refractivity contribution in [1.29, 1.82) is 0 Å². The highest BCUT2D eigenvalue weighted by atomic mass is 32.2. The van der Waals surface area contributed by atoms with Gasteiger partial charge in [-0.1, -0.05) is 19.4 Å². The van der Waals surface area contributed by atoms with Crippen molar-refractivity contribution in [1.82, 2.24) is 15.5 Å². The van der Waals surface area contributed by atoms with Crippen molar-refractivity contribution in [3.8, 4) is 5.75 Å². The minimum absolute atomic E-state index is 0.0185. The van der Waals surface area contributed by atoms with Gasteiger partial charge in [0.15, 0.2) is 21.4 Å². The van der Waals surface area contributed by atoms with Crippen LogP contribution in [0.4, 0.5) is 9.18 Å². The Morgan fingerprint density at radius 1 is 1.18 bits per heavy atom. The Morgan fingerprint density at radius 2 is 1.94 bits per heavy atom. The van der Waals surface area contributed by atoms with Crippen LogP contribution in [0.5, 0.6) is 5.75 Å². The van der Waals surface area contributed by atoms with E-state index in [1.807, 2.05) is 6.92 Å². The zero-order valence-corrected chi connectivity index (χ0v) is 20.0. The molecule has 0 aliphatic carbocycles. The lowest BCUT2D eigenvalue weighted by Gasteiger charge is -2.23. The highest BCUT2D eigenvalue weighted by Gasteiger charge is 2.26. The number of piperidine rings is 1. The zero-order chi connectivity index (χ0) is 23.8. The first-order valence-corrected chi connectivity index (χ1v) is 13.5. The second-order valence-corrected chi connectivity index (χ2v) is 11.3. The van der Waals surface area contributed by atoms with E-state index in [4.69, 9.17) is 4.74 Å². The van der Waals surface area contributed by atoms with Gasteiger partial charge in [0.25, 0.3) is 0 Å². The van der Waals surface area contributed by atoms with Crippen molar-refractivity contribution in [3.63, 3.8) is 0 Å². The number of carbonyl (C=O) groups is 2. The van der Waals surface area contributed by atoms with Crippen LogP contribution >= 0.6 is 0 Å². The maximum atomic E-state index is 14.2. The Bertz CT molecular complexity index is 934. The van der Waals surface area contributed by atoms with E-state index in [0.29, 0.717) is 38.3 Å². The third-order valence-corrected chi connectivity index (χ3v) is 8.13. The number of imide groups is 1. The van der Waals surface area contributed by atoms with Crippen molar-refractivity contribution < 1.29 is 27.1 Å². The van der Waals surface area contributed by atoms with E-state index in [1.54, 1.807) is 12.1 Å². The molecule has 184 valence electrons. The summed E-state index contributed by atoms with van der Waals surface area (Å²) in [6, 6.07) is 4.20. The number of sulfone groups is 1. The number of nitrogens with one attached hydrogen (secondary N) is 2. The molecule has 10 heteroatoms. The van der Waals surface area contributed by atoms with Crippen molar-refractivity contribution in [3.05, 3.63) is 29.6 Å². The molecule has 3 rings (SSSR count). The van der Waals surface area contributed by atoms with E-state index >= 15 is 0 Å². The number of rotatable bonds is 12. The van der Waals surface area contributed by atoms with Crippen LogP contribution in [0.3, 0.4) is 0 Å². The first-order chi connectivity index (χ1) is 15.7. The molecule has 0 unspecified atom stereocenters. The van der Waals surface area contributed by atoms with E-state index in [9.17, 15) is 22.4 Å². The number of hydrogen-bond acceptors (Lipinski definition) is 6. The van der Waals surface area contributed by atoms with Crippen LogP contribution in [0.1, 0.15) is 50.5 Å². The fourth-order valence-electron chi connectivity index (χ4n) is 4.22. The SMILES string of the molecule is C[C@@H](CS(=O)(=O)CCCCCN1CC(=O)NC1=O)c1ccc(F)c(OCC2CCNCC2)c1. The largest absolute Gasteiger partial charge is 0.490 e. The minimum atomic E-state index is -3.29. The van der Waals surface area contributed by atoms with Crippen LogP contribution in [0.15, 0.2) is 18.2 Å². The lowest BCUT2D eigenvalue weighted by molar-refractivity contribution is -0.118. The minimum Gasteiger partial charge on any atom is -0.490 e. The molecule has 0 aromatic heterocycles. The van der Waals surface area contributed by atoms with E-state index in [1.165, 1.54) is 11.0 Å². The Balaban J connectivity index is 1.43. The van der Waals surface area contributed by atoms with E-state index in [0.717, 1.165) is 31.5 Å². The first kappa shape index (κ1) is 25.4. The summed E-state index contributed by atoms with van der Waals surface area (Å²) in [5.74, 6) is -0.408. The fourth-order valence-corrected chi connectivity index (χ4v) is 5.98. The summed E-state index contributed by atoms with van der Waals surface area (Å²) in [5, 5.41) is 5.51. The van der Waals surface area contributed by atoms with Crippen LogP contribution in [-0.2, 0) is 14.6 Å². The molecular formula is C23H34FN3O5S. The van der Waals surface area contributed by atoms with Gasteiger partial charge in [-0.3, -0.25) is 10.1 Å². The number of halogens is 1. The molecule has 2 saturated heterocycles. The third kappa shape index (κ3) is 7.96. The zero-order valence-electron chi connectivity index (χ0n) is 19.1. The molecule has 1 aromatic rings. The Kier molecular flexibility index (Phi) is 9.08. The lowest BCUT2D eigenvalue weighted by Crippen LogP contribution is -2.30. The average Bonchev–Trinajstić information content (AvgIpc) is 3.10. The number of urea groups is 1. The smallest absolute Gasteiger partial charge is 0.324 e. The molecular weight excluding hydrogens is 449 g/mol. The van der Waals surface area contributed by atoms with E-state index < -0.39 is 15.7 Å². The average molecular weight is 484 g/mol. The molecule has 33 heavy (non-hydrogen) atoms. The molecule has 8 nitrogen and oxygen atoms in total. The molecule has 2 aliphatic rings. The van der Waals surface area contributed by atoms with Gasteiger partial charge in [-0.05, 0) is 68.3 Å². The molecule has 0 spiro atoms. The normalized spacial score (nSPS) is 18.4. The lowest BCUT2D eigenvalue weighted by atomic mass is 9.99.